The first kappa shape index (κ1) is 17.5. The van der Waals surface area contributed by atoms with Crippen LogP contribution < -0.4 is 10.2 Å². The lowest BCUT2D eigenvalue weighted by molar-refractivity contribution is -0.122. The largest absolute Gasteiger partial charge is 0.325 e. The molecule has 2 amide bonds. The second-order valence-electron chi connectivity index (χ2n) is 6.58. The number of benzene rings is 2. The zero-order valence-corrected chi connectivity index (χ0v) is 15.4. The summed E-state index contributed by atoms with van der Waals surface area (Å²) < 4.78 is 0. The van der Waals surface area contributed by atoms with Gasteiger partial charge in [0.2, 0.25) is 11.8 Å². The first-order valence-corrected chi connectivity index (χ1v) is 8.68. The molecular weight excluding hydrogens is 336 g/mol. The molecule has 4 nitrogen and oxygen atoms in total. The van der Waals surface area contributed by atoms with E-state index in [2.05, 4.69) is 5.32 Å². The quantitative estimate of drug-likeness (QED) is 0.893. The second kappa shape index (κ2) is 6.89. The maximum Gasteiger partial charge on any atom is 0.229 e. The summed E-state index contributed by atoms with van der Waals surface area (Å²) in [6.45, 7) is 6.31. The fourth-order valence-corrected chi connectivity index (χ4v) is 3.18. The molecule has 1 fully saturated rings. The van der Waals surface area contributed by atoms with Crippen LogP contribution >= 0.6 is 11.6 Å². The van der Waals surface area contributed by atoms with Crippen LogP contribution in [0.1, 0.15) is 23.1 Å². The van der Waals surface area contributed by atoms with E-state index in [0.29, 0.717) is 17.3 Å². The van der Waals surface area contributed by atoms with Crippen molar-refractivity contribution in [2.75, 3.05) is 16.8 Å². The summed E-state index contributed by atoms with van der Waals surface area (Å²) in [6.07, 6.45) is 0.221. The van der Waals surface area contributed by atoms with Crippen molar-refractivity contribution < 1.29 is 9.59 Å². The van der Waals surface area contributed by atoms with Crippen LogP contribution in [0.25, 0.3) is 0 Å². The fraction of sp³-hybridized carbons (Fsp3) is 0.300. The molecule has 1 N–H and O–H groups in total. The Kier molecular flexibility index (Phi) is 4.82. The summed E-state index contributed by atoms with van der Waals surface area (Å²) in [7, 11) is 0. The summed E-state index contributed by atoms with van der Waals surface area (Å²) in [6, 6.07) is 11.3. The third kappa shape index (κ3) is 3.54. The lowest BCUT2D eigenvalue weighted by Gasteiger charge is -2.18. The topological polar surface area (TPSA) is 49.4 Å². The van der Waals surface area contributed by atoms with E-state index in [1.54, 1.807) is 17.0 Å². The molecule has 0 radical (unpaired) electrons. The zero-order valence-electron chi connectivity index (χ0n) is 14.6. The molecule has 1 saturated heterocycles. The van der Waals surface area contributed by atoms with Crippen LogP contribution in [-0.2, 0) is 9.59 Å². The zero-order chi connectivity index (χ0) is 18.1. The van der Waals surface area contributed by atoms with Gasteiger partial charge in [-0.3, -0.25) is 9.59 Å². The average molecular weight is 357 g/mol. The van der Waals surface area contributed by atoms with E-state index in [9.17, 15) is 9.59 Å². The van der Waals surface area contributed by atoms with Crippen LogP contribution in [-0.4, -0.2) is 18.4 Å². The minimum absolute atomic E-state index is 0.0220. The van der Waals surface area contributed by atoms with Crippen molar-refractivity contribution in [3.8, 4) is 0 Å². The van der Waals surface area contributed by atoms with Crippen molar-refractivity contribution in [3.05, 3.63) is 58.1 Å². The first-order chi connectivity index (χ1) is 11.9. The van der Waals surface area contributed by atoms with Gasteiger partial charge in [0.25, 0.3) is 0 Å². The molecule has 1 aliphatic heterocycles. The lowest BCUT2D eigenvalue weighted by atomic mass is 10.1. The normalized spacial score (nSPS) is 17.0. The van der Waals surface area contributed by atoms with Gasteiger partial charge in [0.05, 0.1) is 5.92 Å². The van der Waals surface area contributed by atoms with Crippen molar-refractivity contribution in [1.82, 2.24) is 0 Å². The molecule has 25 heavy (non-hydrogen) atoms. The maximum absolute atomic E-state index is 12.6. The summed E-state index contributed by atoms with van der Waals surface area (Å²) in [4.78, 5) is 26.7. The van der Waals surface area contributed by atoms with E-state index in [-0.39, 0.29) is 24.2 Å². The molecular formula is C20H21ClN2O2. The number of hydrogen-bond donors (Lipinski definition) is 1. The minimum atomic E-state index is -0.368. The Bertz CT molecular complexity index is 848. The molecule has 3 rings (SSSR count). The first-order valence-electron chi connectivity index (χ1n) is 8.30. The van der Waals surface area contributed by atoms with Crippen LogP contribution in [0, 0.1) is 26.7 Å². The molecule has 1 heterocycles. The third-order valence-corrected chi connectivity index (χ3v) is 5.23. The Morgan fingerprint density at radius 2 is 1.92 bits per heavy atom. The number of anilines is 2. The van der Waals surface area contributed by atoms with Crippen molar-refractivity contribution >= 4 is 34.8 Å². The van der Waals surface area contributed by atoms with Gasteiger partial charge in [0, 0.05) is 29.4 Å². The smallest absolute Gasteiger partial charge is 0.229 e. The third-order valence-electron chi connectivity index (χ3n) is 4.82. The van der Waals surface area contributed by atoms with Crippen molar-refractivity contribution in [3.63, 3.8) is 0 Å². The molecule has 2 aromatic carbocycles. The number of carbonyl (C=O) groups excluding carboxylic acids is 2. The molecule has 0 aliphatic carbocycles. The predicted molar refractivity (Wildman–Crippen MR) is 101 cm³/mol. The van der Waals surface area contributed by atoms with E-state index in [1.807, 2.05) is 45.0 Å². The van der Waals surface area contributed by atoms with Crippen molar-refractivity contribution in [2.24, 2.45) is 5.92 Å². The van der Waals surface area contributed by atoms with E-state index in [4.69, 9.17) is 11.6 Å². The van der Waals surface area contributed by atoms with Crippen LogP contribution in [0.15, 0.2) is 36.4 Å². The lowest BCUT2D eigenvalue weighted by Crippen LogP contribution is -2.28. The SMILES string of the molecule is Cc1ccc(N2C[C@@H](C(=O)Nc3cccc(Cl)c3C)CC2=O)cc1C. The fourth-order valence-electron chi connectivity index (χ4n) is 3.00. The molecule has 1 aliphatic rings. The molecule has 130 valence electrons. The van der Waals surface area contributed by atoms with Gasteiger partial charge in [0.15, 0.2) is 0 Å². The van der Waals surface area contributed by atoms with Crippen LogP contribution in [0.4, 0.5) is 11.4 Å². The summed E-state index contributed by atoms with van der Waals surface area (Å²) in [5.41, 5.74) is 4.68. The van der Waals surface area contributed by atoms with E-state index < -0.39 is 0 Å². The number of nitrogens with zero attached hydrogens (tertiary/aromatic N) is 1. The van der Waals surface area contributed by atoms with Gasteiger partial charge in [-0.2, -0.15) is 0 Å². The molecule has 0 unspecified atom stereocenters. The number of halogens is 1. The highest BCUT2D eigenvalue weighted by molar-refractivity contribution is 6.31. The monoisotopic (exact) mass is 356 g/mol. The number of rotatable bonds is 3. The molecule has 0 spiro atoms. The number of hydrogen-bond acceptors (Lipinski definition) is 2. The van der Waals surface area contributed by atoms with Crippen LogP contribution in [0.5, 0.6) is 0 Å². The maximum atomic E-state index is 12.6. The standard InChI is InChI=1S/C20H21ClN2O2/c1-12-7-8-16(9-13(12)2)23-11-15(10-19(23)24)20(25)22-18-6-4-5-17(21)14(18)3/h4-9,15H,10-11H2,1-3H3,(H,22,25)/t15-/m0/s1. The summed E-state index contributed by atoms with van der Waals surface area (Å²) in [5.74, 6) is -0.538. The highest BCUT2D eigenvalue weighted by Crippen LogP contribution is 2.29. The predicted octanol–water partition coefficient (Wildman–Crippen LogP) is 4.26. The van der Waals surface area contributed by atoms with Gasteiger partial charge in [-0.15, -0.1) is 0 Å². The van der Waals surface area contributed by atoms with Gasteiger partial charge in [-0.25, -0.2) is 0 Å². The summed E-state index contributed by atoms with van der Waals surface area (Å²) >= 11 is 6.10. The van der Waals surface area contributed by atoms with Crippen molar-refractivity contribution in [1.29, 1.82) is 0 Å². The Hall–Kier alpha value is -2.33. The Morgan fingerprint density at radius 3 is 2.64 bits per heavy atom. The minimum Gasteiger partial charge on any atom is -0.325 e. The summed E-state index contributed by atoms with van der Waals surface area (Å²) in [5, 5.41) is 3.51. The van der Waals surface area contributed by atoms with E-state index in [1.165, 1.54) is 5.56 Å². The molecule has 0 saturated carbocycles. The average Bonchev–Trinajstić information content (AvgIpc) is 2.96. The molecule has 5 heteroatoms. The highest BCUT2D eigenvalue weighted by atomic mass is 35.5. The van der Waals surface area contributed by atoms with Crippen molar-refractivity contribution in [2.45, 2.75) is 27.2 Å². The molecule has 0 bridgehead atoms. The van der Waals surface area contributed by atoms with Gasteiger partial charge < -0.3 is 10.2 Å². The van der Waals surface area contributed by atoms with Gasteiger partial charge in [-0.1, -0.05) is 23.7 Å². The molecule has 0 aromatic heterocycles. The number of carbonyl (C=O) groups is 2. The van der Waals surface area contributed by atoms with Gasteiger partial charge >= 0.3 is 0 Å². The Labute approximate surface area is 152 Å². The molecule has 1 atom stereocenters. The molecule has 2 aromatic rings. The number of nitrogens with one attached hydrogen (secondary N) is 1. The van der Waals surface area contributed by atoms with E-state index >= 15 is 0 Å². The van der Waals surface area contributed by atoms with Crippen LogP contribution in [0.3, 0.4) is 0 Å². The van der Waals surface area contributed by atoms with Gasteiger partial charge in [0.1, 0.15) is 0 Å². The van der Waals surface area contributed by atoms with Crippen LogP contribution in [0.2, 0.25) is 5.02 Å². The highest BCUT2D eigenvalue weighted by Gasteiger charge is 2.35. The van der Waals surface area contributed by atoms with Gasteiger partial charge in [-0.05, 0) is 61.7 Å². The number of amides is 2. The number of aryl methyl sites for hydroxylation is 2. The van der Waals surface area contributed by atoms with E-state index in [0.717, 1.165) is 16.8 Å². The Balaban J connectivity index is 1.74. The second-order valence-corrected chi connectivity index (χ2v) is 6.98. The Morgan fingerprint density at radius 1 is 1.16 bits per heavy atom.